The van der Waals surface area contributed by atoms with Crippen LogP contribution in [0.2, 0.25) is 0 Å². The van der Waals surface area contributed by atoms with Gasteiger partial charge in [0.05, 0.1) is 12.2 Å². The number of anilines is 1. The molecule has 0 aromatic carbocycles. The molecule has 1 aromatic rings. The number of carboxylic acid groups (broad SMARTS) is 1. The molecule has 106 valence electrons. The SMILES string of the molecule is CCCCC(NC(=O)O)[C@@H](O)C(=O)Nc1ccn[nH]1. The third kappa shape index (κ3) is 4.96. The van der Waals surface area contributed by atoms with Crippen LogP contribution in [0.5, 0.6) is 0 Å². The molecular weight excluding hydrogens is 252 g/mol. The Kier molecular flexibility index (Phi) is 5.80. The van der Waals surface area contributed by atoms with Gasteiger partial charge in [-0.1, -0.05) is 19.8 Å². The highest BCUT2D eigenvalue weighted by Crippen LogP contribution is 2.08. The van der Waals surface area contributed by atoms with Gasteiger partial charge in [-0.2, -0.15) is 5.10 Å². The molecule has 0 fully saturated rings. The maximum Gasteiger partial charge on any atom is 0.404 e. The molecule has 1 heterocycles. The van der Waals surface area contributed by atoms with Gasteiger partial charge in [-0.3, -0.25) is 9.89 Å². The predicted octanol–water partition coefficient (Wildman–Crippen LogP) is 0.535. The number of carbonyl (C=O) groups is 2. The smallest absolute Gasteiger partial charge is 0.404 e. The Labute approximate surface area is 110 Å². The van der Waals surface area contributed by atoms with Crippen molar-refractivity contribution >= 4 is 17.8 Å². The van der Waals surface area contributed by atoms with E-state index in [2.05, 4.69) is 20.8 Å². The molecule has 2 amide bonds. The number of aromatic nitrogens is 2. The molecule has 0 saturated heterocycles. The molecule has 0 bridgehead atoms. The van der Waals surface area contributed by atoms with Crippen molar-refractivity contribution in [3.8, 4) is 0 Å². The zero-order valence-corrected chi connectivity index (χ0v) is 10.6. The lowest BCUT2D eigenvalue weighted by atomic mass is 10.0. The van der Waals surface area contributed by atoms with E-state index in [9.17, 15) is 14.7 Å². The van der Waals surface area contributed by atoms with E-state index in [-0.39, 0.29) is 0 Å². The van der Waals surface area contributed by atoms with Gasteiger partial charge in [-0.15, -0.1) is 0 Å². The summed E-state index contributed by atoms with van der Waals surface area (Å²) in [5, 5.41) is 29.3. The molecule has 0 aliphatic rings. The molecular formula is C11H18N4O4. The first kappa shape index (κ1) is 15.0. The number of amides is 2. The van der Waals surface area contributed by atoms with E-state index in [1.807, 2.05) is 6.92 Å². The van der Waals surface area contributed by atoms with Crippen LogP contribution >= 0.6 is 0 Å². The summed E-state index contributed by atoms with van der Waals surface area (Å²) in [5.74, 6) is -0.340. The Morgan fingerprint density at radius 3 is 2.79 bits per heavy atom. The Morgan fingerprint density at radius 1 is 1.53 bits per heavy atom. The average Bonchev–Trinajstić information content (AvgIpc) is 2.85. The summed E-state index contributed by atoms with van der Waals surface area (Å²) >= 11 is 0. The minimum atomic E-state index is -1.45. The second kappa shape index (κ2) is 7.37. The molecule has 1 unspecified atom stereocenters. The molecule has 0 saturated carbocycles. The normalized spacial score (nSPS) is 13.6. The van der Waals surface area contributed by atoms with Crippen LogP contribution in [0, 0.1) is 0 Å². The van der Waals surface area contributed by atoms with Crippen molar-refractivity contribution in [1.82, 2.24) is 15.5 Å². The summed E-state index contributed by atoms with van der Waals surface area (Å²) in [6, 6.07) is 0.691. The molecule has 8 heteroatoms. The summed E-state index contributed by atoms with van der Waals surface area (Å²) in [6.45, 7) is 1.94. The number of hydrogen-bond acceptors (Lipinski definition) is 4. The van der Waals surface area contributed by atoms with E-state index in [0.717, 1.165) is 6.42 Å². The summed E-state index contributed by atoms with van der Waals surface area (Å²) in [4.78, 5) is 22.4. The van der Waals surface area contributed by atoms with Gasteiger partial charge in [0.25, 0.3) is 5.91 Å². The van der Waals surface area contributed by atoms with Crippen LogP contribution in [0.1, 0.15) is 26.2 Å². The molecule has 0 aliphatic heterocycles. The van der Waals surface area contributed by atoms with E-state index in [1.165, 1.54) is 12.3 Å². The maximum absolute atomic E-state index is 11.8. The number of nitrogens with one attached hydrogen (secondary N) is 3. The summed E-state index contributed by atoms with van der Waals surface area (Å²) in [6.07, 6.45) is 0.666. The molecule has 0 aliphatic carbocycles. The number of nitrogens with zero attached hydrogens (tertiary/aromatic N) is 1. The number of unbranched alkanes of at least 4 members (excludes halogenated alkanes) is 1. The highest BCUT2D eigenvalue weighted by molar-refractivity contribution is 5.93. The van der Waals surface area contributed by atoms with E-state index >= 15 is 0 Å². The standard InChI is InChI=1S/C11H18N4O4/c1-2-3-4-7(13-11(18)19)9(16)10(17)14-8-5-6-12-15-8/h5-7,9,13,16H,2-4H2,1H3,(H,18,19)(H2,12,14,15,17)/t7?,9-/m1/s1. The highest BCUT2D eigenvalue weighted by Gasteiger charge is 2.27. The first-order chi connectivity index (χ1) is 9.04. The van der Waals surface area contributed by atoms with E-state index in [1.54, 1.807) is 0 Å². The van der Waals surface area contributed by atoms with Crippen LogP contribution in [0.3, 0.4) is 0 Å². The van der Waals surface area contributed by atoms with Gasteiger partial charge in [0, 0.05) is 6.07 Å². The van der Waals surface area contributed by atoms with Gasteiger partial charge < -0.3 is 20.8 Å². The molecule has 0 spiro atoms. The fourth-order valence-corrected chi connectivity index (χ4v) is 1.61. The quantitative estimate of drug-likeness (QED) is 0.494. The first-order valence-electron chi connectivity index (χ1n) is 6.02. The summed E-state index contributed by atoms with van der Waals surface area (Å²) < 4.78 is 0. The maximum atomic E-state index is 11.8. The Morgan fingerprint density at radius 2 is 2.26 bits per heavy atom. The average molecular weight is 270 g/mol. The third-order valence-electron chi connectivity index (χ3n) is 2.59. The molecule has 1 rings (SSSR count). The van der Waals surface area contributed by atoms with Crippen LogP contribution in [0.25, 0.3) is 0 Å². The van der Waals surface area contributed by atoms with Crippen molar-refractivity contribution in [3.63, 3.8) is 0 Å². The fourth-order valence-electron chi connectivity index (χ4n) is 1.61. The van der Waals surface area contributed by atoms with Crippen molar-refractivity contribution in [2.45, 2.75) is 38.3 Å². The number of aliphatic hydroxyl groups is 1. The first-order valence-corrected chi connectivity index (χ1v) is 6.02. The lowest BCUT2D eigenvalue weighted by Gasteiger charge is -2.21. The Balaban J connectivity index is 2.60. The monoisotopic (exact) mass is 270 g/mol. The van der Waals surface area contributed by atoms with E-state index < -0.39 is 24.1 Å². The van der Waals surface area contributed by atoms with Gasteiger partial charge in [0.15, 0.2) is 6.10 Å². The van der Waals surface area contributed by atoms with Gasteiger partial charge in [0.1, 0.15) is 5.82 Å². The lowest BCUT2D eigenvalue weighted by molar-refractivity contribution is -0.125. The zero-order chi connectivity index (χ0) is 14.3. The number of hydrogen-bond donors (Lipinski definition) is 5. The second-order valence-electron chi connectivity index (χ2n) is 4.10. The van der Waals surface area contributed by atoms with E-state index in [0.29, 0.717) is 18.7 Å². The van der Waals surface area contributed by atoms with Gasteiger partial charge in [0.2, 0.25) is 0 Å². The minimum absolute atomic E-state index is 0.341. The lowest BCUT2D eigenvalue weighted by Crippen LogP contribution is -2.48. The second-order valence-corrected chi connectivity index (χ2v) is 4.10. The summed E-state index contributed by atoms with van der Waals surface area (Å²) in [7, 11) is 0. The van der Waals surface area contributed by atoms with Crippen LogP contribution in [0.15, 0.2) is 12.3 Å². The van der Waals surface area contributed by atoms with Gasteiger partial charge in [-0.05, 0) is 6.42 Å². The Bertz CT molecular complexity index is 407. The molecule has 1 aromatic heterocycles. The van der Waals surface area contributed by atoms with E-state index in [4.69, 9.17) is 5.11 Å². The van der Waals surface area contributed by atoms with Crippen LogP contribution in [-0.2, 0) is 4.79 Å². The number of H-pyrrole nitrogens is 1. The molecule has 8 nitrogen and oxygen atoms in total. The van der Waals surface area contributed by atoms with Crippen molar-refractivity contribution in [1.29, 1.82) is 0 Å². The fraction of sp³-hybridized carbons (Fsp3) is 0.545. The zero-order valence-electron chi connectivity index (χ0n) is 10.6. The number of aliphatic hydroxyl groups excluding tert-OH is 1. The van der Waals surface area contributed by atoms with Crippen LogP contribution in [-0.4, -0.2) is 44.6 Å². The van der Waals surface area contributed by atoms with Crippen LogP contribution in [0.4, 0.5) is 10.6 Å². The highest BCUT2D eigenvalue weighted by atomic mass is 16.4. The predicted molar refractivity (Wildman–Crippen MR) is 67.7 cm³/mol. The van der Waals surface area contributed by atoms with Crippen molar-refractivity contribution in [2.24, 2.45) is 0 Å². The minimum Gasteiger partial charge on any atom is -0.465 e. The van der Waals surface area contributed by atoms with Gasteiger partial charge >= 0.3 is 6.09 Å². The van der Waals surface area contributed by atoms with Crippen LogP contribution < -0.4 is 10.6 Å². The number of aromatic amines is 1. The largest absolute Gasteiger partial charge is 0.465 e. The van der Waals surface area contributed by atoms with Crippen molar-refractivity contribution in [3.05, 3.63) is 12.3 Å². The van der Waals surface area contributed by atoms with Crippen molar-refractivity contribution in [2.75, 3.05) is 5.32 Å². The summed E-state index contributed by atoms with van der Waals surface area (Å²) in [5.41, 5.74) is 0. The number of rotatable bonds is 7. The Hall–Kier alpha value is -2.09. The van der Waals surface area contributed by atoms with Gasteiger partial charge in [-0.25, -0.2) is 4.79 Å². The third-order valence-corrected chi connectivity index (χ3v) is 2.59. The van der Waals surface area contributed by atoms with Crippen molar-refractivity contribution < 1.29 is 19.8 Å². The molecule has 2 atom stereocenters. The topological polar surface area (TPSA) is 127 Å². The molecule has 19 heavy (non-hydrogen) atoms. The number of carbonyl (C=O) groups excluding carboxylic acids is 1. The molecule has 0 radical (unpaired) electrons. The molecule has 5 N–H and O–H groups in total.